The van der Waals surface area contributed by atoms with Crippen LogP contribution in [0.4, 0.5) is 0 Å². The summed E-state index contributed by atoms with van der Waals surface area (Å²) in [4.78, 5) is 0. The van der Waals surface area contributed by atoms with Crippen molar-refractivity contribution < 1.29 is 0 Å². The minimum absolute atomic E-state index is 0.295. The molecule has 0 amide bonds. The number of halogens is 7. The second kappa shape index (κ2) is 5.28. The standard InChI is InChI=1S/C11H9Cl7Si/c12-9(13)6-7-19(17,18)10(14,11(9,15)16)8-4-2-1-3-5-8/h1-5H,6-7H2. The molecule has 0 bridgehead atoms. The molecule has 1 saturated heterocycles. The molecular weight excluding hydrogens is 408 g/mol. The average molecular weight is 417 g/mol. The van der Waals surface area contributed by atoms with Crippen molar-refractivity contribution in [3.05, 3.63) is 35.9 Å². The molecule has 0 aromatic heterocycles. The maximum absolute atomic E-state index is 6.73. The Morgan fingerprint density at radius 1 is 0.895 bits per heavy atom. The molecule has 0 N–H and O–H groups in total. The molecular formula is C11H9Cl7Si. The van der Waals surface area contributed by atoms with Crippen LogP contribution in [0, 0.1) is 0 Å². The third-order valence-corrected chi connectivity index (χ3v) is 13.8. The fraction of sp³-hybridized carbons (Fsp3) is 0.455. The molecule has 1 heterocycles. The van der Waals surface area contributed by atoms with Gasteiger partial charge in [0.15, 0.2) is 8.67 Å². The number of alkyl halides is 5. The molecule has 2 rings (SSSR count). The molecule has 8 heteroatoms. The van der Waals surface area contributed by atoms with Gasteiger partial charge < -0.3 is 0 Å². The summed E-state index contributed by atoms with van der Waals surface area (Å²) < 4.78 is -4.51. The normalized spacial score (nSPS) is 31.9. The molecule has 19 heavy (non-hydrogen) atoms. The van der Waals surface area contributed by atoms with E-state index in [1.165, 1.54) is 0 Å². The van der Waals surface area contributed by atoms with Crippen LogP contribution in [0.25, 0.3) is 0 Å². The van der Waals surface area contributed by atoms with Crippen LogP contribution in [0.1, 0.15) is 12.0 Å². The van der Waals surface area contributed by atoms with Gasteiger partial charge in [0, 0.05) is 0 Å². The Bertz CT molecular complexity index is 473. The number of hydrogen-bond acceptors (Lipinski definition) is 0. The van der Waals surface area contributed by atoms with Crippen LogP contribution in [0.15, 0.2) is 30.3 Å². The van der Waals surface area contributed by atoms with Crippen molar-refractivity contribution >= 4 is 86.9 Å². The predicted octanol–water partition coefficient (Wildman–Crippen LogP) is 6.33. The highest BCUT2D eigenvalue weighted by molar-refractivity contribution is 7.48. The summed E-state index contributed by atoms with van der Waals surface area (Å²) in [5, 5.41) is 0. The van der Waals surface area contributed by atoms with Gasteiger partial charge in [-0.15, -0.1) is 33.8 Å². The summed E-state index contributed by atoms with van der Waals surface area (Å²) in [5.41, 5.74) is 0.628. The van der Waals surface area contributed by atoms with Crippen LogP contribution in [-0.2, 0) is 4.50 Å². The average Bonchev–Trinajstić information content (AvgIpc) is 2.35. The van der Waals surface area contributed by atoms with E-state index in [1.807, 2.05) is 6.07 Å². The van der Waals surface area contributed by atoms with Crippen molar-refractivity contribution in [1.29, 1.82) is 0 Å². The summed E-state index contributed by atoms with van der Waals surface area (Å²) >= 11 is 45.1. The summed E-state index contributed by atoms with van der Waals surface area (Å²) in [6, 6.07) is 9.41. The summed E-state index contributed by atoms with van der Waals surface area (Å²) in [5.74, 6) is 0. The van der Waals surface area contributed by atoms with Gasteiger partial charge in [0.2, 0.25) is 0 Å². The van der Waals surface area contributed by atoms with Crippen molar-refractivity contribution in [2.45, 2.75) is 25.6 Å². The number of hydrogen-bond donors (Lipinski definition) is 0. The molecule has 1 atom stereocenters. The summed E-state index contributed by atoms with van der Waals surface area (Å²) in [6.07, 6.45) is 0.295. The second-order valence-corrected chi connectivity index (χ2v) is 15.3. The first kappa shape index (κ1) is 16.8. The highest BCUT2D eigenvalue weighted by Crippen LogP contribution is 2.67. The molecule has 1 aliphatic rings. The first-order valence-corrected chi connectivity index (χ1v) is 11.6. The topological polar surface area (TPSA) is 0 Å². The van der Waals surface area contributed by atoms with Gasteiger partial charge in [-0.3, -0.25) is 0 Å². The van der Waals surface area contributed by atoms with E-state index in [4.69, 9.17) is 80.2 Å². The van der Waals surface area contributed by atoms with Gasteiger partial charge in [0.05, 0.1) is 0 Å². The zero-order chi connectivity index (χ0) is 14.5. The third kappa shape index (κ3) is 2.43. The van der Waals surface area contributed by atoms with Gasteiger partial charge in [-0.2, -0.15) is 0 Å². The monoisotopic (exact) mass is 414 g/mol. The minimum atomic E-state index is -3.03. The number of benzene rings is 1. The van der Waals surface area contributed by atoms with Crippen molar-refractivity contribution in [2.75, 3.05) is 0 Å². The molecule has 0 saturated carbocycles. The smallest absolute Gasteiger partial charge is 0.143 e. The fourth-order valence-corrected chi connectivity index (χ4v) is 10.1. The number of rotatable bonds is 1. The predicted molar refractivity (Wildman–Crippen MR) is 89.7 cm³/mol. The lowest BCUT2D eigenvalue weighted by Gasteiger charge is -2.53. The molecule has 106 valence electrons. The molecule has 1 aromatic rings. The zero-order valence-corrected chi connectivity index (χ0v) is 15.7. The Morgan fingerprint density at radius 3 is 1.95 bits per heavy atom. The SMILES string of the molecule is ClC1(Cl)CC[Si](Cl)(Cl)C(Cl)(c2ccccc2)C1(Cl)Cl. The molecule has 1 aromatic carbocycles. The quantitative estimate of drug-likeness (QED) is 0.285. The first-order valence-electron chi connectivity index (χ1n) is 5.44. The van der Waals surface area contributed by atoms with E-state index < -0.39 is 19.9 Å². The molecule has 1 aliphatic heterocycles. The Labute approximate surface area is 147 Å². The minimum Gasteiger partial charge on any atom is -0.143 e. The van der Waals surface area contributed by atoms with Crippen LogP contribution >= 0.6 is 80.2 Å². The van der Waals surface area contributed by atoms with Crippen LogP contribution in [0.5, 0.6) is 0 Å². The van der Waals surface area contributed by atoms with E-state index in [2.05, 4.69) is 0 Å². The van der Waals surface area contributed by atoms with E-state index in [9.17, 15) is 0 Å². The second-order valence-electron chi connectivity index (χ2n) is 4.51. The van der Waals surface area contributed by atoms with Gasteiger partial charge >= 0.3 is 0 Å². The van der Waals surface area contributed by atoms with E-state index in [-0.39, 0.29) is 0 Å². The van der Waals surface area contributed by atoms with Crippen molar-refractivity contribution in [3.63, 3.8) is 0 Å². The summed E-state index contributed by atoms with van der Waals surface area (Å²) in [6.45, 7) is -3.03. The van der Waals surface area contributed by atoms with Gasteiger partial charge in [-0.05, 0) is 18.0 Å². The van der Waals surface area contributed by atoms with Crippen LogP contribution in [-0.4, -0.2) is 15.4 Å². The van der Waals surface area contributed by atoms with Crippen LogP contribution in [0.2, 0.25) is 6.04 Å². The van der Waals surface area contributed by atoms with Gasteiger partial charge in [0.1, 0.15) is 4.50 Å². The maximum atomic E-state index is 6.73. The highest BCUT2D eigenvalue weighted by atomic mass is 35.7. The highest BCUT2D eigenvalue weighted by Gasteiger charge is 2.73. The lowest BCUT2D eigenvalue weighted by Crippen LogP contribution is -2.65. The Morgan fingerprint density at radius 2 is 1.42 bits per heavy atom. The van der Waals surface area contributed by atoms with Crippen LogP contribution in [0.3, 0.4) is 0 Å². The lowest BCUT2D eigenvalue weighted by molar-refractivity contribution is 0.535. The van der Waals surface area contributed by atoms with E-state index in [0.717, 1.165) is 0 Å². The largest absolute Gasteiger partial charge is 0.279 e. The summed E-state index contributed by atoms with van der Waals surface area (Å²) in [7, 11) is 0. The Hall–Kier alpha value is 1.47. The molecule has 0 aliphatic carbocycles. The van der Waals surface area contributed by atoms with Crippen molar-refractivity contribution in [2.24, 2.45) is 0 Å². The van der Waals surface area contributed by atoms with Gasteiger partial charge in [-0.1, -0.05) is 76.7 Å². The molecule has 1 fully saturated rings. The lowest BCUT2D eigenvalue weighted by atomic mass is 10.0. The van der Waals surface area contributed by atoms with Crippen LogP contribution < -0.4 is 0 Å². The fourth-order valence-electron chi connectivity index (χ4n) is 2.19. The van der Waals surface area contributed by atoms with Gasteiger partial charge in [0.25, 0.3) is 6.69 Å². The first-order chi connectivity index (χ1) is 8.56. The van der Waals surface area contributed by atoms with E-state index in [0.29, 0.717) is 18.0 Å². The Balaban J connectivity index is 2.67. The zero-order valence-electron chi connectivity index (χ0n) is 9.45. The third-order valence-electron chi connectivity index (χ3n) is 3.32. The van der Waals surface area contributed by atoms with E-state index >= 15 is 0 Å². The molecule has 0 radical (unpaired) electrons. The maximum Gasteiger partial charge on any atom is 0.279 e. The molecule has 0 spiro atoms. The van der Waals surface area contributed by atoms with E-state index in [1.54, 1.807) is 24.3 Å². The Kier molecular flexibility index (Phi) is 4.68. The van der Waals surface area contributed by atoms with Crippen molar-refractivity contribution in [1.82, 2.24) is 0 Å². The molecule has 1 unspecified atom stereocenters. The van der Waals surface area contributed by atoms with Gasteiger partial charge in [-0.25, -0.2) is 0 Å². The van der Waals surface area contributed by atoms with Crippen molar-refractivity contribution in [3.8, 4) is 0 Å². The molecule has 0 nitrogen and oxygen atoms in total.